The van der Waals surface area contributed by atoms with Gasteiger partial charge in [0.05, 0.1) is 17.5 Å². The zero-order valence-electron chi connectivity index (χ0n) is 25.9. The van der Waals surface area contributed by atoms with E-state index in [-0.39, 0.29) is 30.0 Å². The second kappa shape index (κ2) is 13.5. The van der Waals surface area contributed by atoms with Crippen molar-refractivity contribution in [1.82, 2.24) is 4.72 Å². The van der Waals surface area contributed by atoms with Crippen LogP contribution in [0.4, 0.5) is 5.69 Å². The monoisotopic (exact) mass is 658 g/mol. The summed E-state index contributed by atoms with van der Waals surface area (Å²) in [5, 5.41) is -0.0106. The number of amides is 1. The molecular weight excluding hydrogens is 616 g/mol. The fraction of sp³-hybridized carbons (Fsp3) is 0.588. The van der Waals surface area contributed by atoms with E-state index in [0.29, 0.717) is 62.6 Å². The smallest absolute Gasteiger partial charge is 0.332 e. The lowest BCUT2D eigenvalue weighted by Crippen LogP contribution is -2.58. The summed E-state index contributed by atoms with van der Waals surface area (Å²) in [4.78, 5) is 28.3. The van der Waals surface area contributed by atoms with Crippen LogP contribution >= 0.6 is 11.6 Å². The van der Waals surface area contributed by atoms with Crippen LogP contribution in [0.1, 0.15) is 86.2 Å². The van der Waals surface area contributed by atoms with Crippen molar-refractivity contribution in [3.05, 3.63) is 58.1 Å². The molecule has 1 saturated heterocycles. The number of halogens is 1. The third-order valence-corrected chi connectivity index (χ3v) is 12.3. The van der Waals surface area contributed by atoms with Crippen molar-refractivity contribution in [2.45, 2.75) is 88.6 Å². The lowest BCUT2D eigenvalue weighted by Gasteiger charge is -2.52. The van der Waals surface area contributed by atoms with E-state index in [4.69, 9.17) is 25.8 Å². The molecule has 0 aromatic heterocycles. The maximum absolute atomic E-state index is 13.4. The zero-order valence-corrected chi connectivity index (χ0v) is 27.5. The van der Waals surface area contributed by atoms with E-state index in [1.165, 1.54) is 0 Å². The van der Waals surface area contributed by atoms with Crippen LogP contribution in [0.3, 0.4) is 0 Å². The molecule has 2 aromatic rings. The molecule has 2 aromatic carbocycles. The minimum atomic E-state index is -3.91. The third-order valence-electron chi connectivity index (χ3n) is 10.2. The summed E-state index contributed by atoms with van der Waals surface area (Å²) in [6.07, 6.45) is 7.40. The summed E-state index contributed by atoms with van der Waals surface area (Å²) in [5.41, 5.74) is 2.53. The first-order valence-electron chi connectivity index (χ1n) is 16.3. The molecule has 4 atom stereocenters. The summed E-state index contributed by atoms with van der Waals surface area (Å²) in [6.45, 7) is 3.90. The third kappa shape index (κ3) is 6.98. The molecule has 4 aliphatic rings. The van der Waals surface area contributed by atoms with Crippen molar-refractivity contribution in [3.8, 4) is 5.75 Å². The van der Waals surface area contributed by atoms with Gasteiger partial charge in [0.25, 0.3) is 5.91 Å². The van der Waals surface area contributed by atoms with Crippen molar-refractivity contribution in [3.63, 3.8) is 0 Å². The van der Waals surface area contributed by atoms with Crippen molar-refractivity contribution in [2.75, 3.05) is 31.2 Å². The highest BCUT2D eigenvalue weighted by atomic mass is 35.5. The summed E-state index contributed by atoms with van der Waals surface area (Å²) >= 11 is 6.34. The van der Waals surface area contributed by atoms with Gasteiger partial charge in [0, 0.05) is 29.6 Å². The van der Waals surface area contributed by atoms with Crippen LogP contribution in [-0.2, 0) is 37.3 Å². The Hall–Kier alpha value is -2.82. The first-order valence-corrected chi connectivity index (χ1v) is 18.2. The molecule has 45 heavy (non-hydrogen) atoms. The van der Waals surface area contributed by atoms with Crippen LogP contribution in [0.2, 0.25) is 5.02 Å². The summed E-state index contributed by atoms with van der Waals surface area (Å²) in [7, 11) is -3.91. The lowest BCUT2D eigenvalue weighted by atomic mass is 9.63. The molecule has 2 bridgehead atoms. The molecule has 3 heterocycles. The minimum Gasteiger partial charge on any atom is -0.487 e. The zero-order chi connectivity index (χ0) is 31.6. The quantitative estimate of drug-likeness (QED) is 0.382. The number of nitrogens with zero attached hydrogens (tertiary/aromatic N) is 1. The number of esters is 1. The molecule has 244 valence electrons. The molecule has 1 N–H and O–H groups in total. The lowest BCUT2D eigenvalue weighted by molar-refractivity contribution is -0.215. The largest absolute Gasteiger partial charge is 0.487 e. The number of hydrogen-bond donors (Lipinski definition) is 1. The van der Waals surface area contributed by atoms with Crippen molar-refractivity contribution >= 4 is 39.2 Å². The van der Waals surface area contributed by atoms with Crippen molar-refractivity contribution in [2.24, 2.45) is 11.8 Å². The molecule has 6 rings (SSSR count). The highest BCUT2D eigenvalue weighted by Gasteiger charge is 2.52. The first kappa shape index (κ1) is 32.1. The predicted octanol–water partition coefficient (Wildman–Crippen LogP) is 5.81. The van der Waals surface area contributed by atoms with Gasteiger partial charge in [0.1, 0.15) is 24.6 Å². The number of carbonyl (C=O) groups excluding carboxylic acids is 2. The minimum absolute atomic E-state index is 0.0395. The van der Waals surface area contributed by atoms with Crippen LogP contribution in [0.15, 0.2) is 36.4 Å². The summed E-state index contributed by atoms with van der Waals surface area (Å²) in [5.74, 6) is 0.0341. The standard InChI is InChI=1S/C34H43ClN2O7S/c1-2-28-8-3-5-15-34(22-42-21-32(38)44-34)29-13-10-25(29)19-37-16-6-4-7-23-17-27(35)12-9-26(23)20-43-31-14-11-24(18-30(31)37)33(39)36-45(28,40)41/h9,11-12,14,17-18,25,28-29H,2-8,10,13,15-16,19-22H2,1H3,(H,36,39)/t25-,28+,29+,34+/m0/s1. The van der Waals surface area contributed by atoms with Crippen LogP contribution in [0.25, 0.3) is 0 Å². The average molecular weight is 659 g/mol. The number of ether oxygens (including phenoxy) is 3. The van der Waals surface area contributed by atoms with Crippen LogP contribution in [0.5, 0.6) is 5.75 Å². The predicted molar refractivity (Wildman–Crippen MR) is 172 cm³/mol. The van der Waals surface area contributed by atoms with E-state index in [9.17, 15) is 18.0 Å². The van der Waals surface area contributed by atoms with Gasteiger partial charge in [-0.05, 0) is 105 Å². The van der Waals surface area contributed by atoms with E-state index in [1.807, 2.05) is 25.1 Å². The Morgan fingerprint density at radius 2 is 1.87 bits per heavy atom. The highest BCUT2D eigenvalue weighted by Crippen LogP contribution is 2.48. The second-order valence-corrected chi connectivity index (χ2v) is 15.4. The van der Waals surface area contributed by atoms with E-state index < -0.39 is 26.8 Å². The van der Waals surface area contributed by atoms with Crippen LogP contribution < -0.4 is 14.4 Å². The number of sulfonamides is 1. The van der Waals surface area contributed by atoms with Crippen molar-refractivity contribution < 1.29 is 32.2 Å². The van der Waals surface area contributed by atoms with E-state index in [2.05, 4.69) is 9.62 Å². The molecular formula is C34H43ClN2O7S. The topological polar surface area (TPSA) is 111 Å². The molecule has 11 heteroatoms. The van der Waals surface area contributed by atoms with Gasteiger partial charge in [-0.25, -0.2) is 17.9 Å². The van der Waals surface area contributed by atoms with Gasteiger partial charge in [0.2, 0.25) is 10.0 Å². The number of benzene rings is 2. The average Bonchev–Trinajstić information content (AvgIpc) is 3.01. The SMILES string of the molecule is CC[C@@H]1CCCC[C@@]2(COCC(=O)O2)[C@@H]2CC[C@H]2CN2CCCCc3cc(Cl)ccc3COc3ccc(cc32)C(=O)NS1(=O)=O. The number of anilines is 1. The highest BCUT2D eigenvalue weighted by molar-refractivity contribution is 7.90. The molecule has 1 amide bonds. The number of nitrogens with one attached hydrogen (secondary N) is 1. The van der Waals surface area contributed by atoms with E-state index in [1.54, 1.807) is 18.2 Å². The molecule has 1 saturated carbocycles. The van der Waals surface area contributed by atoms with Crippen LogP contribution in [0, 0.1) is 11.8 Å². The molecule has 0 unspecified atom stereocenters. The van der Waals surface area contributed by atoms with Gasteiger partial charge in [-0.1, -0.05) is 31.0 Å². The molecule has 2 fully saturated rings. The second-order valence-electron chi connectivity index (χ2n) is 13.0. The Bertz CT molecular complexity index is 1530. The molecule has 1 aliphatic carbocycles. The van der Waals surface area contributed by atoms with Gasteiger partial charge in [-0.15, -0.1) is 0 Å². The van der Waals surface area contributed by atoms with Gasteiger partial charge < -0.3 is 19.1 Å². The number of fused-ring (bicyclic) bond motifs is 4. The Labute approximate surface area is 271 Å². The number of carbonyl (C=O) groups is 2. The summed E-state index contributed by atoms with van der Waals surface area (Å²) in [6, 6.07) is 11.0. The Kier molecular flexibility index (Phi) is 9.64. The first-order chi connectivity index (χ1) is 21.7. The summed E-state index contributed by atoms with van der Waals surface area (Å²) < 4.78 is 47.5. The maximum Gasteiger partial charge on any atom is 0.332 e. The number of rotatable bonds is 1. The molecule has 3 aliphatic heterocycles. The normalized spacial score (nSPS) is 29.1. The fourth-order valence-corrected chi connectivity index (χ4v) is 9.23. The fourth-order valence-electron chi connectivity index (χ4n) is 7.57. The number of hydrogen-bond acceptors (Lipinski definition) is 8. The van der Waals surface area contributed by atoms with Gasteiger partial charge in [0.15, 0.2) is 0 Å². The van der Waals surface area contributed by atoms with E-state index in [0.717, 1.165) is 55.5 Å². The maximum atomic E-state index is 13.4. The van der Waals surface area contributed by atoms with Crippen molar-refractivity contribution in [1.29, 1.82) is 0 Å². The Morgan fingerprint density at radius 3 is 2.64 bits per heavy atom. The molecule has 9 nitrogen and oxygen atoms in total. The van der Waals surface area contributed by atoms with Gasteiger partial charge in [-0.3, -0.25) is 4.79 Å². The van der Waals surface area contributed by atoms with Gasteiger partial charge in [-0.2, -0.15) is 0 Å². The van der Waals surface area contributed by atoms with Gasteiger partial charge >= 0.3 is 5.97 Å². The Morgan fingerprint density at radius 1 is 1.00 bits per heavy atom. The molecule has 0 radical (unpaired) electrons. The number of aryl methyl sites for hydroxylation is 1. The van der Waals surface area contributed by atoms with E-state index >= 15 is 0 Å². The molecule has 1 spiro atoms. The van der Waals surface area contributed by atoms with Crippen LogP contribution in [-0.4, -0.2) is 57.4 Å². The Balaban J connectivity index is 1.39.